The Morgan fingerprint density at radius 2 is 1.02 bits per heavy atom. The van der Waals surface area contributed by atoms with E-state index in [9.17, 15) is 55.2 Å². The molecule has 11 atom stereocenters. The van der Waals surface area contributed by atoms with Gasteiger partial charge in [0.2, 0.25) is 11.8 Å². The van der Waals surface area contributed by atoms with Gasteiger partial charge < -0.3 is 71.2 Å². The number of ether oxygens (including phenoxy) is 2. The van der Waals surface area contributed by atoms with Crippen LogP contribution in [0.5, 0.6) is 0 Å². The lowest BCUT2D eigenvalue weighted by atomic mass is 9.97. The molecule has 0 aromatic rings. The first-order valence-corrected chi connectivity index (χ1v) is 16.5. The molecular weight excluding hydrogens is 640 g/mol. The van der Waals surface area contributed by atoms with E-state index >= 15 is 0 Å². The average Bonchev–Trinajstić information content (AvgIpc) is 3.07. The third-order valence-corrected chi connectivity index (χ3v) is 7.97. The summed E-state index contributed by atoms with van der Waals surface area (Å²) in [6.45, 7) is 3.75. The van der Waals surface area contributed by atoms with Gasteiger partial charge in [-0.15, -0.1) is 0 Å². The van der Waals surface area contributed by atoms with E-state index in [-0.39, 0.29) is 43.7 Å². The van der Waals surface area contributed by atoms with Gasteiger partial charge in [0.05, 0.1) is 18.2 Å². The van der Waals surface area contributed by atoms with Crippen molar-refractivity contribution in [2.24, 2.45) is 11.8 Å². The number of carbonyl (C=O) groups is 3. The minimum absolute atomic E-state index is 0.00790. The van der Waals surface area contributed by atoms with Gasteiger partial charge in [-0.05, 0) is 51.9 Å². The van der Waals surface area contributed by atoms with Gasteiger partial charge in [-0.1, -0.05) is 13.8 Å². The Hall–Kier alpha value is -1.87. The molecule has 17 nitrogen and oxygen atoms in total. The van der Waals surface area contributed by atoms with Crippen LogP contribution in [0.25, 0.3) is 0 Å². The second-order valence-electron chi connectivity index (χ2n) is 12.3. The van der Waals surface area contributed by atoms with E-state index < -0.39 is 80.3 Å². The molecule has 12 N–H and O–H groups in total. The van der Waals surface area contributed by atoms with Crippen LogP contribution < -0.4 is 10.6 Å². The predicted molar refractivity (Wildman–Crippen MR) is 170 cm³/mol. The van der Waals surface area contributed by atoms with Crippen molar-refractivity contribution in [1.82, 2.24) is 10.6 Å². The van der Waals surface area contributed by atoms with Crippen LogP contribution in [0.15, 0.2) is 0 Å². The Kier molecular flexibility index (Phi) is 25.0. The molecule has 0 rings (SSSR count). The lowest BCUT2D eigenvalue weighted by molar-refractivity contribution is -0.207. The first-order chi connectivity index (χ1) is 22.6. The molecule has 0 aromatic carbocycles. The Balaban J connectivity index is 4.13. The smallest absolute Gasteiger partial charge is 0.220 e. The molecule has 0 bridgehead atoms. The summed E-state index contributed by atoms with van der Waals surface area (Å²) in [6, 6.07) is -0.688. The second-order valence-corrected chi connectivity index (χ2v) is 12.3. The van der Waals surface area contributed by atoms with Gasteiger partial charge in [0.1, 0.15) is 24.4 Å². The van der Waals surface area contributed by atoms with Crippen molar-refractivity contribution >= 4 is 17.6 Å². The highest BCUT2D eigenvalue weighted by molar-refractivity contribution is 5.87. The SMILES string of the molecule is CC(=O)[C@H](CCCCNC(=O)CCCCOC(O)C(O)C(O)C(O)C(C)CO)NC(=O)CCCCOC(O)C(O)C(O)C(O)C(C)CO. The van der Waals surface area contributed by atoms with Gasteiger partial charge in [-0.2, -0.15) is 0 Å². The Labute approximate surface area is 281 Å². The number of nitrogens with one attached hydrogen (secondary N) is 2. The van der Waals surface area contributed by atoms with Crippen LogP contribution in [0.2, 0.25) is 0 Å². The van der Waals surface area contributed by atoms with Crippen LogP contribution in [-0.4, -0.2) is 157 Å². The van der Waals surface area contributed by atoms with Crippen molar-refractivity contribution in [3.8, 4) is 0 Å². The Morgan fingerprint density at radius 1 is 0.583 bits per heavy atom. The quantitative estimate of drug-likeness (QED) is 0.0270. The largest absolute Gasteiger partial charge is 0.396 e. The minimum atomic E-state index is -1.80. The third kappa shape index (κ3) is 18.8. The lowest BCUT2D eigenvalue weighted by Gasteiger charge is -2.28. The molecule has 0 aromatic heterocycles. The van der Waals surface area contributed by atoms with Crippen LogP contribution >= 0.6 is 0 Å². The highest BCUT2D eigenvalue weighted by Gasteiger charge is 2.34. The molecule has 10 unspecified atom stereocenters. The summed E-state index contributed by atoms with van der Waals surface area (Å²) < 4.78 is 10.1. The molecule has 0 aliphatic rings. The molecule has 2 amide bonds. The number of hydrogen-bond donors (Lipinski definition) is 12. The molecule has 0 fully saturated rings. The molecular formula is C31H60N2O15. The zero-order valence-electron chi connectivity index (χ0n) is 28.3. The van der Waals surface area contributed by atoms with E-state index in [2.05, 4.69) is 10.6 Å². The highest BCUT2D eigenvalue weighted by Crippen LogP contribution is 2.15. The molecule has 0 heterocycles. The van der Waals surface area contributed by atoms with Crippen molar-refractivity contribution in [2.45, 2.75) is 134 Å². The van der Waals surface area contributed by atoms with Gasteiger partial charge in [-0.3, -0.25) is 14.4 Å². The number of hydrogen-bond acceptors (Lipinski definition) is 15. The van der Waals surface area contributed by atoms with Crippen molar-refractivity contribution in [3.05, 3.63) is 0 Å². The van der Waals surface area contributed by atoms with E-state index in [0.717, 1.165) is 0 Å². The van der Waals surface area contributed by atoms with Gasteiger partial charge in [0.15, 0.2) is 18.4 Å². The predicted octanol–water partition coefficient (Wildman–Crippen LogP) is -3.22. The van der Waals surface area contributed by atoms with Crippen molar-refractivity contribution in [2.75, 3.05) is 33.0 Å². The Morgan fingerprint density at radius 3 is 1.44 bits per heavy atom. The van der Waals surface area contributed by atoms with Gasteiger partial charge >= 0.3 is 0 Å². The van der Waals surface area contributed by atoms with Crippen LogP contribution in [-0.2, 0) is 23.9 Å². The molecule has 0 saturated heterocycles. The summed E-state index contributed by atoms with van der Waals surface area (Å²) in [4.78, 5) is 36.4. The van der Waals surface area contributed by atoms with E-state index in [1.54, 1.807) is 0 Å². The minimum Gasteiger partial charge on any atom is -0.396 e. The maximum Gasteiger partial charge on any atom is 0.220 e. The average molecular weight is 701 g/mol. The van der Waals surface area contributed by atoms with Crippen molar-refractivity contribution in [1.29, 1.82) is 0 Å². The van der Waals surface area contributed by atoms with E-state index in [0.29, 0.717) is 51.5 Å². The summed E-state index contributed by atoms with van der Waals surface area (Å²) in [5.41, 5.74) is 0. The Bertz CT molecular complexity index is 885. The number of aliphatic hydroxyl groups is 10. The van der Waals surface area contributed by atoms with E-state index in [1.165, 1.54) is 20.8 Å². The van der Waals surface area contributed by atoms with Crippen LogP contribution in [0, 0.1) is 11.8 Å². The number of unbranched alkanes of at least 4 members (excludes halogenated alkanes) is 3. The van der Waals surface area contributed by atoms with Gasteiger partial charge in [0.25, 0.3) is 0 Å². The molecule has 0 radical (unpaired) electrons. The standard InChI is InChI=1S/C31H60N2O15/c1-18(16-34)24(39)26(41)28(43)30(45)47-14-8-5-11-22(37)32-13-7-4-10-21(20(3)36)33-23(38)12-6-9-15-48-31(46)29(44)27(42)25(40)19(2)17-35/h18-19,21,24-31,34-35,39-46H,4-17H2,1-3H3,(H,32,37)(H,33,38)/t18?,19?,21-,24?,25?,26?,27?,28?,29?,30?,31?/m0/s1. The fraction of sp³-hybridized carbons (Fsp3) is 0.903. The van der Waals surface area contributed by atoms with Gasteiger partial charge in [0, 0.05) is 57.6 Å². The highest BCUT2D eigenvalue weighted by atomic mass is 16.6. The van der Waals surface area contributed by atoms with Crippen molar-refractivity contribution < 1.29 is 74.9 Å². The maximum atomic E-state index is 12.3. The van der Waals surface area contributed by atoms with Crippen LogP contribution in [0.4, 0.5) is 0 Å². The van der Waals surface area contributed by atoms with Crippen molar-refractivity contribution in [3.63, 3.8) is 0 Å². The number of amides is 2. The molecule has 284 valence electrons. The summed E-state index contributed by atoms with van der Waals surface area (Å²) in [6.07, 6.45) is -10.3. The number of carbonyl (C=O) groups excluding carboxylic acids is 3. The molecule has 17 heteroatoms. The van der Waals surface area contributed by atoms with Crippen LogP contribution in [0.1, 0.15) is 78.6 Å². The normalized spacial score (nSPS) is 18.8. The van der Waals surface area contributed by atoms with E-state index in [1.807, 2.05) is 0 Å². The molecule has 0 spiro atoms. The monoisotopic (exact) mass is 700 g/mol. The summed E-state index contributed by atoms with van der Waals surface area (Å²) >= 11 is 0. The van der Waals surface area contributed by atoms with Gasteiger partial charge in [-0.25, -0.2) is 0 Å². The summed E-state index contributed by atoms with van der Waals surface area (Å²) in [5.74, 6) is -2.22. The summed E-state index contributed by atoms with van der Waals surface area (Å²) in [7, 11) is 0. The maximum absolute atomic E-state index is 12.3. The number of ketones is 1. The zero-order valence-corrected chi connectivity index (χ0v) is 28.3. The van der Waals surface area contributed by atoms with Crippen LogP contribution in [0.3, 0.4) is 0 Å². The first-order valence-electron chi connectivity index (χ1n) is 16.5. The summed E-state index contributed by atoms with van der Waals surface area (Å²) in [5, 5.41) is 103. The number of rotatable bonds is 29. The molecule has 0 saturated carbocycles. The zero-order chi connectivity index (χ0) is 36.8. The fourth-order valence-corrected chi connectivity index (χ4v) is 4.44. The number of Topliss-reactive ketones (excluding diaryl/α,β-unsaturated/α-hetero) is 1. The third-order valence-electron chi connectivity index (χ3n) is 7.97. The molecule has 0 aliphatic carbocycles. The topological polar surface area (TPSA) is 296 Å². The lowest BCUT2D eigenvalue weighted by Crippen LogP contribution is -2.48. The molecule has 0 aliphatic heterocycles. The number of aliphatic hydroxyl groups excluding tert-OH is 10. The fourth-order valence-electron chi connectivity index (χ4n) is 4.44. The molecule has 48 heavy (non-hydrogen) atoms. The second kappa shape index (κ2) is 26.0. The van der Waals surface area contributed by atoms with E-state index in [4.69, 9.17) is 19.7 Å². The first kappa shape index (κ1) is 46.1.